The molecular formula is C20H20O6. The molecule has 1 fully saturated rings. The summed E-state index contributed by atoms with van der Waals surface area (Å²) in [6, 6.07) is 14.1. The molecule has 1 aliphatic rings. The number of rotatable bonds is 4. The summed E-state index contributed by atoms with van der Waals surface area (Å²) >= 11 is 0. The van der Waals surface area contributed by atoms with E-state index in [1.54, 1.807) is 24.3 Å². The lowest BCUT2D eigenvalue weighted by molar-refractivity contribution is -0.306. The first-order valence-corrected chi connectivity index (χ1v) is 8.30. The molecule has 6 nitrogen and oxygen atoms in total. The van der Waals surface area contributed by atoms with Crippen molar-refractivity contribution in [3.63, 3.8) is 0 Å². The Hall–Kier alpha value is -2.70. The molecular weight excluding hydrogens is 336 g/mol. The maximum Gasteiger partial charge on any atom is 0.342 e. The summed E-state index contributed by atoms with van der Waals surface area (Å²) in [5, 5.41) is 0. The monoisotopic (exact) mass is 356 g/mol. The average molecular weight is 356 g/mol. The Morgan fingerprint density at radius 3 is 1.65 bits per heavy atom. The smallest absolute Gasteiger partial charge is 0.342 e. The van der Waals surface area contributed by atoms with Crippen molar-refractivity contribution < 1.29 is 28.5 Å². The number of ether oxygens (including phenoxy) is 4. The third-order valence-corrected chi connectivity index (χ3v) is 3.89. The van der Waals surface area contributed by atoms with Crippen molar-refractivity contribution in [2.24, 2.45) is 0 Å². The van der Waals surface area contributed by atoms with Gasteiger partial charge >= 0.3 is 18.4 Å². The minimum absolute atomic E-state index is 0.0868. The summed E-state index contributed by atoms with van der Waals surface area (Å²) in [7, 11) is 0. The van der Waals surface area contributed by atoms with Crippen LogP contribution in [-0.2, 0) is 18.9 Å². The van der Waals surface area contributed by atoms with E-state index >= 15 is 0 Å². The van der Waals surface area contributed by atoms with Crippen molar-refractivity contribution in [3.8, 4) is 0 Å². The van der Waals surface area contributed by atoms with Crippen LogP contribution < -0.4 is 0 Å². The van der Waals surface area contributed by atoms with Gasteiger partial charge in [-0.25, -0.2) is 9.59 Å². The Bertz CT molecular complexity index is 690. The molecule has 0 saturated carbocycles. The standard InChI is InChI=1S/C20H20O6/c1-13-3-7-15(8-4-13)18(21)25-17-11-23-20(24-12-17)26-19(22)16-9-5-14(2)6-10-16/h3-10,17,20H,11-12H2,1-2H3. The molecule has 1 aliphatic heterocycles. The highest BCUT2D eigenvalue weighted by Crippen LogP contribution is 2.15. The number of carbonyl (C=O) groups is 2. The van der Waals surface area contributed by atoms with E-state index in [1.807, 2.05) is 38.1 Å². The Kier molecular flexibility index (Phi) is 5.65. The fraction of sp³-hybridized carbons (Fsp3) is 0.300. The van der Waals surface area contributed by atoms with Crippen molar-refractivity contribution in [2.45, 2.75) is 26.4 Å². The zero-order valence-corrected chi connectivity index (χ0v) is 14.6. The predicted octanol–water partition coefficient (Wildman–Crippen LogP) is 3.02. The minimum Gasteiger partial charge on any atom is -0.454 e. The lowest BCUT2D eigenvalue weighted by Crippen LogP contribution is -2.40. The van der Waals surface area contributed by atoms with Gasteiger partial charge in [-0.1, -0.05) is 35.4 Å². The lowest BCUT2D eigenvalue weighted by atomic mass is 10.1. The molecule has 0 unspecified atom stereocenters. The molecule has 0 bridgehead atoms. The van der Waals surface area contributed by atoms with Crippen LogP contribution in [-0.4, -0.2) is 37.7 Å². The highest BCUT2D eigenvalue weighted by molar-refractivity contribution is 5.90. The summed E-state index contributed by atoms with van der Waals surface area (Å²) in [5.74, 6) is -0.984. The third kappa shape index (κ3) is 4.68. The molecule has 0 atom stereocenters. The van der Waals surface area contributed by atoms with Crippen LogP contribution in [0, 0.1) is 13.8 Å². The van der Waals surface area contributed by atoms with Crippen LogP contribution in [0.1, 0.15) is 31.8 Å². The minimum atomic E-state index is -1.11. The quantitative estimate of drug-likeness (QED) is 0.784. The maximum atomic E-state index is 12.1. The molecule has 0 spiro atoms. The topological polar surface area (TPSA) is 71.1 Å². The zero-order valence-electron chi connectivity index (χ0n) is 14.6. The Labute approximate surface area is 151 Å². The van der Waals surface area contributed by atoms with Gasteiger partial charge in [-0.15, -0.1) is 0 Å². The predicted molar refractivity (Wildman–Crippen MR) is 92.7 cm³/mol. The molecule has 136 valence electrons. The van der Waals surface area contributed by atoms with Crippen molar-refractivity contribution in [3.05, 3.63) is 70.8 Å². The molecule has 0 aliphatic carbocycles. The van der Waals surface area contributed by atoms with Crippen molar-refractivity contribution in [2.75, 3.05) is 13.2 Å². The van der Waals surface area contributed by atoms with Gasteiger partial charge in [-0.05, 0) is 38.1 Å². The van der Waals surface area contributed by atoms with E-state index in [9.17, 15) is 9.59 Å². The van der Waals surface area contributed by atoms with Gasteiger partial charge in [0.05, 0.1) is 24.3 Å². The molecule has 0 radical (unpaired) electrons. The van der Waals surface area contributed by atoms with E-state index in [2.05, 4.69) is 0 Å². The summed E-state index contributed by atoms with van der Waals surface area (Å²) < 4.78 is 21.1. The van der Waals surface area contributed by atoms with Crippen LogP contribution in [0.5, 0.6) is 0 Å². The van der Waals surface area contributed by atoms with Crippen molar-refractivity contribution in [1.29, 1.82) is 0 Å². The first-order valence-electron chi connectivity index (χ1n) is 8.30. The molecule has 0 aromatic heterocycles. The van der Waals surface area contributed by atoms with Gasteiger partial charge in [-0.2, -0.15) is 0 Å². The summed E-state index contributed by atoms with van der Waals surface area (Å²) in [6.45, 7) is 2.93. The molecule has 1 heterocycles. The molecule has 1 saturated heterocycles. The van der Waals surface area contributed by atoms with Crippen LogP contribution >= 0.6 is 0 Å². The number of hydrogen-bond acceptors (Lipinski definition) is 6. The fourth-order valence-corrected chi connectivity index (χ4v) is 2.36. The molecule has 26 heavy (non-hydrogen) atoms. The van der Waals surface area contributed by atoms with Gasteiger partial charge in [0, 0.05) is 0 Å². The van der Waals surface area contributed by atoms with E-state index in [0.29, 0.717) is 11.1 Å². The summed E-state index contributed by atoms with van der Waals surface area (Å²) in [5.41, 5.74) is 2.98. The summed E-state index contributed by atoms with van der Waals surface area (Å²) in [6.07, 6.45) is -0.557. The zero-order chi connectivity index (χ0) is 18.5. The van der Waals surface area contributed by atoms with Crippen LogP contribution in [0.25, 0.3) is 0 Å². The molecule has 3 rings (SSSR count). The Balaban J connectivity index is 1.46. The molecule has 6 heteroatoms. The SMILES string of the molecule is Cc1ccc(C(=O)OC2COC(OC(=O)c3ccc(C)cc3)OC2)cc1. The normalized spacial score (nSPS) is 19.6. The summed E-state index contributed by atoms with van der Waals surface area (Å²) in [4.78, 5) is 24.1. The van der Waals surface area contributed by atoms with Crippen molar-refractivity contribution in [1.82, 2.24) is 0 Å². The van der Waals surface area contributed by atoms with E-state index in [4.69, 9.17) is 18.9 Å². The lowest BCUT2D eigenvalue weighted by Gasteiger charge is -2.28. The van der Waals surface area contributed by atoms with Crippen LogP contribution in [0.15, 0.2) is 48.5 Å². The Morgan fingerprint density at radius 1 is 0.769 bits per heavy atom. The van der Waals surface area contributed by atoms with Gasteiger partial charge in [0.15, 0.2) is 0 Å². The number of carbonyl (C=O) groups excluding carboxylic acids is 2. The molecule has 2 aromatic rings. The highest BCUT2D eigenvalue weighted by Gasteiger charge is 2.28. The first kappa shape index (κ1) is 18.1. The maximum absolute atomic E-state index is 12.1. The Morgan fingerprint density at radius 2 is 1.19 bits per heavy atom. The number of esters is 2. The van der Waals surface area contributed by atoms with Crippen molar-refractivity contribution >= 4 is 11.9 Å². The molecule has 2 aromatic carbocycles. The first-order chi connectivity index (χ1) is 12.5. The van der Waals surface area contributed by atoms with Gasteiger partial charge in [0.1, 0.15) is 6.10 Å². The number of aryl methyl sites for hydroxylation is 2. The molecule has 0 N–H and O–H groups in total. The largest absolute Gasteiger partial charge is 0.454 e. The number of benzene rings is 2. The van der Waals surface area contributed by atoms with E-state index < -0.39 is 24.5 Å². The second-order valence-electron chi connectivity index (χ2n) is 6.12. The van der Waals surface area contributed by atoms with Gasteiger partial charge in [-0.3, -0.25) is 0 Å². The average Bonchev–Trinajstić information content (AvgIpc) is 2.64. The van der Waals surface area contributed by atoms with E-state index in [-0.39, 0.29) is 13.2 Å². The van der Waals surface area contributed by atoms with Gasteiger partial charge in [0.2, 0.25) is 0 Å². The van der Waals surface area contributed by atoms with Gasteiger partial charge in [0.25, 0.3) is 0 Å². The fourth-order valence-electron chi connectivity index (χ4n) is 2.36. The highest BCUT2D eigenvalue weighted by atomic mass is 16.9. The van der Waals surface area contributed by atoms with Crippen LogP contribution in [0.4, 0.5) is 0 Å². The number of hydrogen-bond donors (Lipinski definition) is 0. The van der Waals surface area contributed by atoms with E-state index in [0.717, 1.165) is 11.1 Å². The molecule has 0 amide bonds. The van der Waals surface area contributed by atoms with Crippen LogP contribution in [0.3, 0.4) is 0 Å². The van der Waals surface area contributed by atoms with Crippen LogP contribution in [0.2, 0.25) is 0 Å². The second-order valence-corrected chi connectivity index (χ2v) is 6.12. The van der Waals surface area contributed by atoms with E-state index in [1.165, 1.54) is 0 Å². The van der Waals surface area contributed by atoms with Gasteiger partial charge < -0.3 is 18.9 Å². The third-order valence-electron chi connectivity index (χ3n) is 3.89. The second kappa shape index (κ2) is 8.12.